The smallest absolute Gasteiger partial charge is 0.279 e. The van der Waals surface area contributed by atoms with E-state index >= 15 is 0 Å². The molecule has 0 saturated carbocycles. The van der Waals surface area contributed by atoms with Crippen molar-refractivity contribution >= 4 is 22.4 Å². The third kappa shape index (κ3) is 3.70. The van der Waals surface area contributed by atoms with E-state index in [-0.39, 0.29) is 5.91 Å². The summed E-state index contributed by atoms with van der Waals surface area (Å²) in [5, 5.41) is 11.6. The minimum absolute atomic E-state index is 0.293. The van der Waals surface area contributed by atoms with Crippen LogP contribution in [0.25, 0.3) is 5.69 Å². The Bertz CT molecular complexity index is 1100. The molecule has 28 heavy (non-hydrogen) atoms. The fraction of sp³-hybridized carbons (Fsp3) is 0.143. The van der Waals surface area contributed by atoms with E-state index in [1.807, 2.05) is 62.4 Å². The number of hydrogen-bond acceptors (Lipinski definition) is 5. The maximum Gasteiger partial charge on any atom is 0.279 e. The lowest BCUT2D eigenvalue weighted by Gasteiger charge is -2.03. The quantitative estimate of drug-likeness (QED) is 0.556. The molecule has 0 aliphatic heterocycles. The van der Waals surface area contributed by atoms with Crippen molar-refractivity contribution in [2.45, 2.75) is 20.3 Å². The minimum atomic E-state index is -0.306. The van der Waals surface area contributed by atoms with Crippen LogP contribution in [0.4, 0.5) is 5.13 Å². The van der Waals surface area contributed by atoms with Gasteiger partial charge in [0.25, 0.3) is 5.91 Å². The molecule has 0 spiro atoms. The normalized spacial score (nSPS) is 10.8. The van der Waals surface area contributed by atoms with Crippen LogP contribution in [0.15, 0.2) is 60.7 Å². The van der Waals surface area contributed by atoms with Crippen molar-refractivity contribution in [3.8, 4) is 5.69 Å². The molecule has 4 rings (SSSR count). The fourth-order valence-corrected chi connectivity index (χ4v) is 3.93. The van der Waals surface area contributed by atoms with Gasteiger partial charge in [0.15, 0.2) is 10.8 Å². The molecular formula is C21H19N5OS. The monoisotopic (exact) mass is 389 g/mol. The molecule has 0 saturated heterocycles. The zero-order chi connectivity index (χ0) is 19.5. The van der Waals surface area contributed by atoms with Gasteiger partial charge in [0.1, 0.15) is 0 Å². The van der Waals surface area contributed by atoms with Gasteiger partial charge in [0.05, 0.1) is 17.1 Å². The van der Waals surface area contributed by atoms with Gasteiger partial charge in [-0.3, -0.25) is 10.1 Å². The zero-order valence-corrected chi connectivity index (χ0v) is 16.4. The van der Waals surface area contributed by atoms with Gasteiger partial charge in [0.2, 0.25) is 0 Å². The number of anilines is 1. The van der Waals surface area contributed by atoms with Crippen LogP contribution in [0.5, 0.6) is 0 Å². The average Bonchev–Trinajstić information content (AvgIpc) is 3.25. The summed E-state index contributed by atoms with van der Waals surface area (Å²) in [6, 6.07) is 19.8. The highest BCUT2D eigenvalue weighted by Gasteiger charge is 2.19. The zero-order valence-electron chi connectivity index (χ0n) is 15.6. The predicted molar refractivity (Wildman–Crippen MR) is 110 cm³/mol. The Kier molecular flexibility index (Phi) is 4.99. The Morgan fingerprint density at radius 3 is 2.43 bits per heavy atom. The average molecular weight is 389 g/mol. The summed E-state index contributed by atoms with van der Waals surface area (Å²) in [5.74, 6) is -0.306. The van der Waals surface area contributed by atoms with E-state index in [2.05, 4.69) is 32.7 Å². The highest BCUT2D eigenvalue weighted by atomic mass is 32.1. The molecule has 7 heteroatoms. The molecule has 0 atom stereocenters. The Hall–Kier alpha value is -3.32. The first-order valence-electron chi connectivity index (χ1n) is 8.91. The predicted octanol–water partition coefficient (Wildman–Crippen LogP) is 4.18. The lowest BCUT2D eigenvalue weighted by atomic mass is 10.1. The molecule has 2 heterocycles. The number of nitrogens with zero attached hydrogens (tertiary/aromatic N) is 4. The van der Waals surface area contributed by atoms with Crippen molar-refractivity contribution in [2.75, 3.05) is 5.32 Å². The number of thiazole rings is 1. The molecule has 4 aromatic rings. The Morgan fingerprint density at radius 2 is 1.71 bits per heavy atom. The first kappa shape index (κ1) is 18.1. The van der Waals surface area contributed by atoms with E-state index in [1.165, 1.54) is 16.9 Å². The second-order valence-corrected chi connectivity index (χ2v) is 7.50. The van der Waals surface area contributed by atoms with Crippen molar-refractivity contribution in [2.24, 2.45) is 0 Å². The van der Waals surface area contributed by atoms with Crippen LogP contribution in [0.2, 0.25) is 0 Å². The number of carbonyl (C=O) groups is 1. The van der Waals surface area contributed by atoms with Gasteiger partial charge < -0.3 is 0 Å². The van der Waals surface area contributed by atoms with E-state index in [4.69, 9.17) is 0 Å². The summed E-state index contributed by atoms with van der Waals surface area (Å²) < 4.78 is 1.66. The number of benzene rings is 2. The third-order valence-corrected chi connectivity index (χ3v) is 5.50. The van der Waals surface area contributed by atoms with Crippen LogP contribution >= 0.6 is 11.3 Å². The van der Waals surface area contributed by atoms with Gasteiger partial charge in [-0.15, -0.1) is 16.4 Å². The molecule has 1 amide bonds. The van der Waals surface area contributed by atoms with Crippen molar-refractivity contribution in [1.82, 2.24) is 20.0 Å². The van der Waals surface area contributed by atoms with E-state index in [1.54, 1.807) is 4.68 Å². The van der Waals surface area contributed by atoms with Crippen molar-refractivity contribution in [1.29, 1.82) is 0 Å². The largest absolute Gasteiger partial charge is 0.296 e. The van der Waals surface area contributed by atoms with Gasteiger partial charge in [-0.25, -0.2) is 9.67 Å². The van der Waals surface area contributed by atoms with Crippen molar-refractivity contribution < 1.29 is 4.79 Å². The highest BCUT2D eigenvalue weighted by Crippen LogP contribution is 2.26. The lowest BCUT2D eigenvalue weighted by Crippen LogP contribution is -2.14. The maximum atomic E-state index is 12.7. The summed E-state index contributed by atoms with van der Waals surface area (Å²) in [7, 11) is 0. The van der Waals surface area contributed by atoms with E-state index < -0.39 is 0 Å². The highest BCUT2D eigenvalue weighted by molar-refractivity contribution is 7.15. The molecule has 0 radical (unpaired) electrons. The molecule has 140 valence electrons. The number of carbonyl (C=O) groups excluding carboxylic acids is 1. The topological polar surface area (TPSA) is 72.7 Å². The number of para-hydroxylation sites is 1. The molecule has 0 fully saturated rings. The summed E-state index contributed by atoms with van der Waals surface area (Å²) >= 11 is 1.49. The van der Waals surface area contributed by atoms with Gasteiger partial charge >= 0.3 is 0 Å². The number of aromatic nitrogens is 4. The van der Waals surface area contributed by atoms with Crippen molar-refractivity contribution in [3.63, 3.8) is 0 Å². The molecule has 0 aliphatic carbocycles. The number of amides is 1. The number of hydrogen-bond donors (Lipinski definition) is 1. The standard InChI is InChI=1S/C21H19N5OS/c1-14-18(13-16-9-5-3-6-10-16)28-21(22-14)23-20(27)19-15(2)26(25-24-19)17-11-7-4-8-12-17/h3-12H,13H2,1-2H3,(H,22,23,27). The second kappa shape index (κ2) is 7.74. The molecular weight excluding hydrogens is 370 g/mol. The Balaban J connectivity index is 1.52. The fourth-order valence-electron chi connectivity index (χ4n) is 2.94. The SMILES string of the molecule is Cc1nc(NC(=O)c2nnn(-c3ccccc3)c2C)sc1Cc1ccccc1. The van der Waals surface area contributed by atoms with E-state index in [0.29, 0.717) is 16.5 Å². The summed E-state index contributed by atoms with van der Waals surface area (Å²) in [6.07, 6.45) is 0.795. The van der Waals surface area contributed by atoms with Crippen LogP contribution in [-0.2, 0) is 6.42 Å². The molecule has 6 nitrogen and oxygen atoms in total. The molecule has 0 aliphatic rings. The Labute approximate surface area is 166 Å². The van der Waals surface area contributed by atoms with Crippen LogP contribution in [0.1, 0.15) is 32.3 Å². The number of rotatable bonds is 5. The summed E-state index contributed by atoms with van der Waals surface area (Å²) in [4.78, 5) is 18.3. The maximum absolute atomic E-state index is 12.7. The van der Waals surface area contributed by atoms with Gasteiger partial charge in [-0.05, 0) is 31.5 Å². The molecule has 0 unspecified atom stereocenters. The summed E-state index contributed by atoms with van der Waals surface area (Å²) in [6.45, 7) is 3.79. The second-order valence-electron chi connectivity index (χ2n) is 6.41. The van der Waals surface area contributed by atoms with Gasteiger partial charge in [0, 0.05) is 11.3 Å². The first-order chi connectivity index (χ1) is 13.6. The molecule has 2 aromatic heterocycles. The van der Waals surface area contributed by atoms with Crippen molar-refractivity contribution in [3.05, 3.63) is 88.2 Å². The van der Waals surface area contributed by atoms with Gasteiger partial charge in [-0.2, -0.15) is 0 Å². The molecule has 2 aromatic carbocycles. The minimum Gasteiger partial charge on any atom is -0.296 e. The Morgan fingerprint density at radius 1 is 1.04 bits per heavy atom. The van der Waals surface area contributed by atoms with Crippen LogP contribution < -0.4 is 5.32 Å². The molecule has 0 bridgehead atoms. The van der Waals surface area contributed by atoms with Crippen LogP contribution in [0.3, 0.4) is 0 Å². The summed E-state index contributed by atoms with van der Waals surface area (Å²) in [5.41, 5.74) is 3.98. The number of aryl methyl sites for hydroxylation is 1. The first-order valence-corrected chi connectivity index (χ1v) is 9.73. The third-order valence-electron chi connectivity index (χ3n) is 4.43. The lowest BCUT2D eigenvalue weighted by molar-refractivity contribution is 0.102. The van der Waals surface area contributed by atoms with E-state index in [9.17, 15) is 4.79 Å². The van der Waals surface area contributed by atoms with Gasteiger partial charge in [-0.1, -0.05) is 53.7 Å². The van der Waals surface area contributed by atoms with Crippen LogP contribution in [0, 0.1) is 13.8 Å². The van der Waals surface area contributed by atoms with E-state index in [0.717, 1.165) is 22.7 Å². The number of nitrogens with one attached hydrogen (secondary N) is 1. The van der Waals surface area contributed by atoms with Crippen LogP contribution in [-0.4, -0.2) is 25.9 Å². The molecule has 1 N–H and O–H groups in total.